The first-order valence-electron chi connectivity index (χ1n) is 8.23. The molecule has 0 N–H and O–H groups in total. The van der Waals surface area contributed by atoms with Gasteiger partial charge in [0.25, 0.3) is 0 Å². The summed E-state index contributed by atoms with van der Waals surface area (Å²) in [5.74, 6) is 1.04. The van der Waals surface area contributed by atoms with Gasteiger partial charge in [-0.3, -0.25) is 0 Å². The van der Waals surface area contributed by atoms with Crippen LogP contribution in [-0.4, -0.2) is 51.1 Å². The maximum Gasteiger partial charge on any atom is 0.246 e. The fourth-order valence-corrected chi connectivity index (χ4v) is 4.48. The van der Waals surface area contributed by atoms with Crippen molar-refractivity contribution < 1.29 is 22.6 Å². The summed E-state index contributed by atoms with van der Waals surface area (Å²) in [6.45, 7) is 0.510. The number of benzene rings is 1. The van der Waals surface area contributed by atoms with E-state index in [1.54, 1.807) is 12.1 Å². The Bertz CT molecular complexity index is 971. The van der Waals surface area contributed by atoms with E-state index in [1.807, 2.05) is 6.07 Å². The molecule has 1 fully saturated rings. The van der Waals surface area contributed by atoms with Crippen molar-refractivity contribution in [3.8, 4) is 23.4 Å². The van der Waals surface area contributed by atoms with Gasteiger partial charge in [-0.15, -0.1) is 0 Å². The van der Waals surface area contributed by atoms with Gasteiger partial charge in [0.2, 0.25) is 15.9 Å². The molecule has 0 amide bonds. The molecule has 1 aliphatic rings. The van der Waals surface area contributed by atoms with Crippen molar-refractivity contribution in [2.75, 3.05) is 27.3 Å². The second-order valence-corrected chi connectivity index (χ2v) is 7.81. The molecule has 2 aromatic rings. The first-order chi connectivity index (χ1) is 13.0. The second-order valence-electron chi connectivity index (χ2n) is 5.90. The lowest BCUT2D eigenvalue weighted by atomic mass is 10.3. The van der Waals surface area contributed by atoms with E-state index in [2.05, 4.69) is 4.98 Å². The van der Waals surface area contributed by atoms with Crippen LogP contribution in [0.2, 0.25) is 0 Å². The van der Waals surface area contributed by atoms with Gasteiger partial charge in [-0.2, -0.15) is 9.57 Å². The van der Waals surface area contributed by atoms with Crippen molar-refractivity contribution in [3.63, 3.8) is 0 Å². The normalized spacial score (nSPS) is 17.3. The molecule has 0 bridgehead atoms. The Kier molecular flexibility index (Phi) is 5.48. The molecule has 9 heteroatoms. The highest BCUT2D eigenvalue weighted by molar-refractivity contribution is 7.89. The molecule has 1 aromatic carbocycles. The first kappa shape index (κ1) is 18.9. The highest BCUT2D eigenvalue weighted by atomic mass is 32.2. The third kappa shape index (κ3) is 3.97. The van der Waals surface area contributed by atoms with E-state index in [0.717, 1.165) is 0 Å². The third-order valence-electron chi connectivity index (χ3n) is 4.25. The number of aromatic nitrogens is 1. The van der Waals surface area contributed by atoms with Crippen LogP contribution in [0.25, 0.3) is 0 Å². The van der Waals surface area contributed by atoms with E-state index in [4.69, 9.17) is 19.5 Å². The van der Waals surface area contributed by atoms with Crippen LogP contribution in [0.5, 0.6) is 17.4 Å². The van der Waals surface area contributed by atoms with Crippen LogP contribution in [0.1, 0.15) is 12.0 Å². The number of sulfonamides is 1. The Morgan fingerprint density at radius 3 is 2.74 bits per heavy atom. The lowest BCUT2D eigenvalue weighted by Gasteiger charge is -2.19. The molecule has 0 radical (unpaired) electrons. The van der Waals surface area contributed by atoms with Gasteiger partial charge in [0.05, 0.1) is 32.4 Å². The summed E-state index contributed by atoms with van der Waals surface area (Å²) in [5.41, 5.74) is 0.436. The molecule has 3 rings (SSSR count). The molecular weight excluding hydrogens is 370 g/mol. The van der Waals surface area contributed by atoms with Crippen molar-refractivity contribution in [1.29, 1.82) is 5.26 Å². The highest BCUT2D eigenvalue weighted by Crippen LogP contribution is 2.32. The van der Waals surface area contributed by atoms with Gasteiger partial charge in [-0.1, -0.05) is 0 Å². The van der Waals surface area contributed by atoms with E-state index >= 15 is 0 Å². The lowest BCUT2D eigenvalue weighted by molar-refractivity contribution is 0.207. The topological polar surface area (TPSA) is 102 Å². The number of nitriles is 1. The number of rotatable bonds is 6. The number of ether oxygens (including phenoxy) is 3. The molecule has 0 spiro atoms. The maximum atomic E-state index is 13.0. The number of pyridine rings is 1. The molecular formula is C18H19N3O5S. The lowest BCUT2D eigenvalue weighted by Crippen LogP contribution is -2.31. The Balaban J connectivity index is 1.76. The fourth-order valence-electron chi connectivity index (χ4n) is 2.85. The minimum absolute atomic E-state index is 0.0797. The molecule has 2 heterocycles. The highest BCUT2D eigenvalue weighted by Gasteiger charge is 2.35. The predicted octanol–water partition coefficient (Wildman–Crippen LogP) is 1.81. The second kappa shape index (κ2) is 7.82. The smallest absolute Gasteiger partial charge is 0.246 e. The molecule has 1 saturated heterocycles. The summed E-state index contributed by atoms with van der Waals surface area (Å²) in [4.78, 5) is 4.15. The van der Waals surface area contributed by atoms with Gasteiger partial charge >= 0.3 is 0 Å². The summed E-state index contributed by atoms with van der Waals surface area (Å²) < 4.78 is 43.5. The van der Waals surface area contributed by atoms with Crippen molar-refractivity contribution in [2.45, 2.75) is 17.4 Å². The standard InChI is InChI=1S/C18H19N3O5S/c1-24-14-3-4-17(16(10-14)25-2)27(22,23)21-8-6-15(12-21)26-18-9-13(11-19)5-7-20-18/h3-5,7,9-10,15H,6,8,12H2,1-2H3. The maximum absolute atomic E-state index is 13.0. The van der Waals surface area contributed by atoms with Gasteiger partial charge in [0.1, 0.15) is 22.5 Å². The summed E-state index contributed by atoms with van der Waals surface area (Å²) >= 11 is 0. The largest absolute Gasteiger partial charge is 0.497 e. The van der Waals surface area contributed by atoms with Crippen LogP contribution in [0, 0.1) is 11.3 Å². The van der Waals surface area contributed by atoms with Gasteiger partial charge in [-0.25, -0.2) is 13.4 Å². The summed E-state index contributed by atoms with van der Waals surface area (Å²) in [6.07, 6.45) is 1.67. The summed E-state index contributed by atoms with van der Waals surface area (Å²) in [7, 11) is -0.830. The average Bonchev–Trinajstić information content (AvgIpc) is 3.16. The zero-order valence-electron chi connectivity index (χ0n) is 15.0. The Hall–Kier alpha value is -2.83. The van der Waals surface area contributed by atoms with Gasteiger partial charge in [0.15, 0.2) is 0 Å². The molecule has 0 saturated carbocycles. The first-order valence-corrected chi connectivity index (χ1v) is 9.67. The average molecular weight is 389 g/mol. The van der Waals surface area contributed by atoms with Crippen molar-refractivity contribution in [1.82, 2.24) is 9.29 Å². The summed E-state index contributed by atoms with van der Waals surface area (Å²) in [6, 6.07) is 9.71. The van der Waals surface area contributed by atoms with Gasteiger partial charge in [0, 0.05) is 24.9 Å². The quantitative estimate of drug-likeness (QED) is 0.742. The number of nitrogens with zero attached hydrogens (tertiary/aromatic N) is 3. The Labute approximate surface area is 158 Å². The van der Waals surface area contributed by atoms with Gasteiger partial charge < -0.3 is 14.2 Å². The number of methoxy groups -OCH3 is 2. The van der Waals surface area contributed by atoms with Crippen LogP contribution >= 0.6 is 0 Å². The number of hydrogen-bond acceptors (Lipinski definition) is 7. The van der Waals surface area contributed by atoms with Crippen LogP contribution in [0.3, 0.4) is 0 Å². The van der Waals surface area contributed by atoms with Crippen molar-refractivity contribution in [2.24, 2.45) is 0 Å². The SMILES string of the molecule is COc1ccc(S(=O)(=O)N2CCC(Oc3cc(C#N)ccn3)C2)c(OC)c1. The van der Waals surface area contributed by atoms with E-state index in [-0.39, 0.29) is 23.3 Å². The van der Waals surface area contributed by atoms with Crippen LogP contribution in [0.4, 0.5) is 0 Å². The molecule has 27 heavy (non-hydrogen) atoms. The summed E-state index contributed by atoms with van der Waals surface area (Å²) in [5, 5.41) is 8.94. The van der Waals surface area contributed by atoms with Crippen LogP contribution < -0.4 is 14.2 Å². The molecule has 1 atom stereocenters. The Morgan fingerprint density at radius 1 is 1.22 bits per heavy atom. The van der Waals surface area contributed by atoms with E-state index in [0.29, 0.717) is 30.2 Å². The molecule has 0 aliphatic carbocycles. The molecule has 8 nitrogen and oxygen atoms in total. The minimum atomic E-state index is -3.74. The molecule has 1 aliphatic heterocycles. The number of hydrogen-bond donors (Lipinski definition) is 0. The third-order valence-corrected chi connectivity index (χ3v) is 6.15. The van der Waals surface area contributed by atoms with E-state index in [9.17, 15) is 8.42 Å². The predicted molar refractivity (Wildman–Crippen MR) is 96.3 cm³/mol. The van der Waals surface area contributed by atoms with Crippen LogP contribution in [-0.2, 0) is 10.0 Å². The molecule has 1 unspecified atom stereocenters. The zero-order chi connectivity index (χ0) is 19.4. The van der Waals surface area contributed by atoms with Crippen molar-refractivity contribution in [3.05, 3.63) is 42.1 Å². The fraction of sp³-hybridized carbons (Fsp3) is 0.333. The van der Waals surface area contributed by atoms with Crippen LogP contribution in [0.15, 0.2) is 41.4 Å². The Morgan fingerprint density at radius 2 is 2.04 bits per heavy atom. The molecule has 1 aromatic heterocycles. The minimum Gasteiger partial charge on any atom is -0.497 e. The van der Waals surface area contributed by atoms with E-state index < -0.39 is 10.0 Å². The van der Waals surface area contributed by atoms with E-state index in [1.165, 1.54) is 42.9 Å². The zero-order valence-corrected chi connectivity index (χ0v) is 15.8. The van der Waals surface area contributed by atoms with Crippen molar-refractivity contribution >= 4 is 10.0 Å². The van der Waals surface area contributed by atoms with Gasteiger partial charge in [-0.05, 0) is 24.6 Å². The monoisotopic (exact) mass is 389 g/mol. The molecule has 142 valence electrons.